The van der Waals surface area contributed by atoms with Crippen LogP contribution >= 0.6 is 11.3 Å². The van der Waals surface area contributed by atoms with Crippen molar-refractivity contribution in [3.63, 3.8) is 0 Å². The van der Waals surface area contributed by atoms with Gasteiger partial charge in [0.05, 0.1) is 16.1 Å². The fourth-order valence-corrected chi connectivity index (χ4v) is 9.98. The second kappa shape index (κ2) is 13.1. The van der Waals surface area contributed by atoms with Gasteiger partial charge in [-0.25, -0.2) is 0 Å². The predicted molar refractivity (Wildman–Crippen MR) is 245 cm³/mol. The van der Waals surface area contributed by atoms with Crippen LogP contribution in [0.5, 0.6) is 0 Å². The number of thiophene rings is 1. The Hall–Kier alpha value is -7.40. The van der Waals surface area contributed by atoms with Crippen LogP contribution in [-0.4, -0.2) is 0 Å². The van der Waals surface area contributed by atoms with Gasteiger partial charge in [0.15, 0.2) is 5.58 Å². The van der Waals surface area contributed by atoms with Gasteiger partial charge in [-0.15, -0.1) is 11.3 Å². The number of anilines is 3. The molecule has 3 heterocycles. The van der Waals surface area contributed by atoms with Gasteiger partial charge in [-0.2, -0.15) is 0 Å². The Morgan fingerprint density at radius 1 is 0.345 bits per heavy atom. The molecule has 272 valence electrons. The highest BCUT2D eigenvalue weighted by molar-refractivity contribution is 7.26. The summed E-state index contributed by atoms with van der Waals surface area (Å²) in [6.45, 7) is 0. The highest BCUT2D eigenvalue weighted by Gasteiger charge is 2.23. The monoisotopic (exact) mass is 759 g/mol. The maximum Gasteiger partial charge on any atom is 0.159 e. The maximum absolute atomic E-state index is 7.01. The van der Waals surface area contributed by atoms with E-state index in [2.05, 4.69) is 199 Å². The van der Waals surface area contributed by atoms with E-state index in [1.807, 2.05) is 17.4 Å². The lowest BCUT2D eigenvalue weighted by Crippen LogP contribution is -2.10. The number of para-hydroxylation sites is 3. The molecule has 12 rings (SSSR count). The lowest BCUT2D eigenvalue weighted by molar-refractivity contribution is 0.670. The summed E-state index contributed by atoms with van der Waals surface area (Å²) in [5.41, 5.74) is 13.4. The zero-order valence-electron chi connectivity index (χ0n) is 31.2. The SMILES string of the molecule is c1ccc(-c2cccc3c2oc2ccc(-c4ccc(N(c5cccc6c5oc5c(-c7ccccc7)cccc56)c5cccc6c5sc5ccccc56)cc4)cc23)cc1. The summed E-state index contributed by atoms with van der Waals surface area (Å²) < 4.78 is 16.0. The zero-order chi connectivity index (χ0) is 38.2. The van der Waals surface area contributed by atoms with E-state index in [-0.39, 0.29) is 0 Å². The van der Waals surface area contributed by atoms with Gasteiger partial charge in [-0.3, -0.25) is 0 Å². The number of hydrogen-bond donors (Lipinski definition) is 0. The Balaban J connectivity index is 1.03. The molecule has 0 fully saturated rings. The van der Waals surface area contributed by atoms with Crippen molar-refractivity contribution in [1.29, 1.82) is 0 Å². The first-order valence-electron chi connectivity index (χ1n) is 19.6. The van der Waals surface area contributed by atoms with Crippen LogP contribution in [0.15, 0.2) is 209 Å². The second-order valence-electron chi connectivity index (χ2n) is 14.8. The minimum absolute atomic E-state index is 0.857. The van der Waals surface area contributed by atoms with Gasteiger partial charge in [0.2, 0.25) is 0 Å². The lowest BCUT2D eigenvalue weighted by Gasteiger charge is -2.26. The molecule has 0 saturated heterocycles. The largest absolute Gasteiger partial charge is 0.455 e. The van der Waals surface area contributed by atoms with Crippen molar-refractivity contribution in [2.75, 3.05) is 4.90 Å². The van der Waals surface area contributed by atoms with E-state index in [0.29, 0.717) is 0 Å². The van der Waals surface area contributed by atoms with E-state index in [4.69, 9.17) is 8.83 Å². The third kappa shape index (κ3) is 5.12. The smallest absolute Gasteiger partial charge is 0.159 e. The minimum Gasteiger partial charge on any atom is -0.455 e. The molecule has 0 amide bonds. The first kappa shape index (κ1) is 32.8. The molecule has 4 heteroatoms. The van der Waals surface area contributed by atoms with Crippen molar-refractivity contribution in [2.24, 2.45) is 0 Å². The summed E-state index contributed by atoms with van der Waals surface area (Å²) in [6.07, 6.45) is 0. The molecular formula is C54H33NO2S. The van der Waals surface area contributed by atoms with Gasteiger partial charge < -0.3 is 13.7 Å². The predicted octanol–water partition coefficient (Wildman–Crippen LogP) is 16.3. The maximum atomic E-state index is 7.01. The van der Waals surface area contributed by atoms with Crippen LogP contribution in [0.4, 0.5) is 17.1 Å². The Morgan fingerprint density at radius 2 is 0.897 bits per heavy atom. The van der Waals surface area contributed by atoms with Crippen LogP contribution in [-0.2, 0) is 0 Å². The molecule has 12 aromatic rings. The van der Waals surface area contributed by atoms with Crippen molar-refractivity contribution in [1.82, 2.24) is 0 Å². The molecular weight excluding hydrogens is 727 g/mol. The molecule has 0 aliphatic heterocycles. The summed E-state index contributed by atoms with van der Waals surface area (Å²) >= 11 is 1.84. The summed E-state index contributed by atoms with van der Waals surface area (Å²) in [6, 6.07) is 71.2. The van der Waals surface area contributed by atoms with Crippen LogP contribution in [0.2, 0.25) is 0 Å². The summed E-state index contributed by atoms with van der Waals surface area (Å²) in [5.74, 6) is 0. The summed E-state index contributed by atoms with van der Waals surface area (Å²) in [7, 11) is 0. The third-order valence-electron chi connectivity index (χ3n) is 11.5. The summed E-state index contributed by atoms with van der Waals surface area (Å²) in [5, 5.41) is 6.94. The fraction of sp³-hybridized carbons (Fsp3) is 0. The van der Waals surface area contributed by atoms with Crippen LogP contribution in [0.3, 0.4) is 0 Å². The molecule has 0 bridgehead atoms. The van der Waals surface area contributed by atoms with Gasteiger partial charge in [0.25, 0.3) is 0 Å². The first-order valence-corrected chi connectivity index (χ1v) is 20.4. The lowest BCUT2D eigenvalue weighted by atomic mass is 10.00. The molecule has 3 aromatic heterocycles. The topological polar surface area (TPSA) is 29.5 Å². The highest BCUT2D eigenvalue weighted by Crippen LogP contribution is 2.48. The molecule has 0 saturated carbocycles. The van der Waals surface area contributed by atoms with E-state index in [0.717, 1.165) is 94.3 Å². The number of benzene rings is 9. The molecule has 0 radical (unpaired) electrons. The fourth-order valence-electron chi connectivity index (χ4n) is 8.77. The summed E-state index contributed by atoms with van der Waals surface area (Å²) in [4.78, 5) is 2.38. The standard InChI is InChI=1S/C54H33NO2S/c1-3-13-35(14-4-1)39-18-10-21-44-46-33-37(29-32-49(46)56-51(39)44)34-27-30-38(31-28-34)55(48-25-12-23-45-41-17-7-8-26-50(41)58-54(45)48)47-24-11-22-43-42-20-9-19-40(52(42)57-53(43)47)36-15-5-2-6-16-36/h1-33H. The van der Waals surface area contributed by atoms with Gasteiger partial charge in [0.1, 0.15) is 16.7 Å². The number of rotatable bonds is 6. The Kier molecular flexibility index (Phi) is 7.40. The molecule has 0 aliphatic carbocycles. The van der Waals surface area contributed by atoms with E-state index in [1.165, 1.54) is 20.2 Å². The van der Waals surface area contributed by atoms with Gasteiger partial charge in [-0.05, 0) is 64.7 Å². The number of hydrogen-bond acceptors (Lipinski definition) is 4. The third-order valence-corrected chi connectivity index (χ3v) is 12.7. The average molecular weight is 760 g/mol. The molecule has 0 aliphatic rings. The normalized spacial score (nSPS) is 11.8. The minimum atomic E-state index is 0.857. The quantitative estimate of drug-likeness (QED) is 0.169. The molecule has 0 unspecified atom stereocenters. The Morgan fingerprint density at radius 3 is 1.62 bits per heavy atom. The second-order valence-corrected chi connectivity index (χ2v) is 15.9. The van der Waals surface area contributed by atoms with Crippen LogP contribution in [0.1, 0.15) is 0 Å². The molecule has 3 nitrogen and oxygen atoms in total. The van der Waals surface area contributed by atoms with Crippen LogP contribution < -0.4 is 4.90 Å². The van der Waals surface area contributed by atoms with Gasteiger partial charge in [0, 0.05) is 53.8 Å². The van der Waals surface area contributed by atoms with Crippen molar-refractivity contribution < 1.29 is 8.83 Å². The first-order chi connectivity index (χ1) is 28.8. The Bertz CT molecular complexity index is 3500. The van der Waals surface area contributed by atoms with Crippen molar-refractivity contribution >= 4 is 92.4 Å². The number of fused-ring (bicyclic) bond motifs is 9. The van der Waals surface area contributed by atoms with Crippen LogP contribution in [0.25, 0.3) is 97.4 Å². The molecule has 0 spiro atoms. The van der Waals surface area contributed by atoms with E-state index >= 15 is 0 Å². The van der Waals surface area contributed by atoms with E-state index in [1.54, 1.807) is 0 Å². The highest BCUT2D eigenvalue weighted by atomic mass is 32.1. The van der Waals surface area contributed by atoms with Gasteiger partial charge in [-0.1, -0.05) is 158 Å². The van der Waals surface area contributed by atoms with Crippen molar-refractivity contribution in [3.05, 3.63) is 200 Å². The number of nitrogens with zero attached hydrogens (tertiary/aromatic N) is 1. The van der Waals surface area contributed by atoms with Crippen molar-refractivity contribution in [2.45, 2.75) is 0 Å². The molecule has 0 N–H and O–H groups in total. The molecule has 9 aromatic carbocycles. The van der Waals surface area contributed by atoms with E-state index in [9.17, 15) is 0 Å². The average Bonchev–Trinajstić information content (AvgIpc) is 3.99. The van der Waals surface area contributed by atoms with Crippen LogP contribution in [0, 0.1) is 0 Å². The molecule has 0 atom stereocenters. The molecule has 58 heavy (non-hydrogen) atoms. The van der Waals surface area contributed by atoms with Gasteiger partial charge >= 0.3 is 0 Å². The van der Waals surface area contributed by atoms with E-state index < -0.39 is 0 Å². The zero-order valence-corrected chi connectivity index (χ0v) is 32.0. The number of furan rings is 2. The van der Waals surface area contributed by atoms with Crippen molar-refractivity contribution in [3.8, 4) is 33.4 Å². The Labute approximate surface area is 338 Å².